The first-order chi connectivity index (χ1) is 5.75. The van der Waals surface area contributed by atoms with Gasteiger partial charge in [0.15, 0.2) is 0 Å². The van der Waals surface area contributed by atoms with Crippen molar-refractivity contribution >= 4 is 31.9 Å². The molecule has 0 aromatic heterocycles. The summed E-state index contributed by atoms with van der Waals surface area (Å²) in [5, 5.41) is 0.855. The Morgan fingerprint density at radius 2 is 2.17 bits per heavy atom. The van der Waals surface area contributed by atoms with Crippen LogP contribution in [0.3, 0.4) is 0 Å². The number of rotatable bonds is 3. The Labute approximate surface area is 89.4 Å². The van der Waals surface area contributed by atoms with Crippen molar-refractivity contribution < 1.29 is 4.74 Å². The third-order valence-corrected chi connectivity index (χ3v) is 2.44. The Bertz CT molecular complexity index is 240. The Morgan fingerprint density at radius 3 is 2.75 bits per heavy atom. The minimum atomic E-state index is 0.698. The number of hydrogen-bond acceptors (Lipinski definition) is 1. The summed E-state index contributed by atoms with van der Waals surface area (Å²) in [4.78, 5) is 0. The maximum Gasteiger partial charge on any atom is 0.136 e. The van der Waals surface area contributed by atoms with E-state index in [9.17, 15) is 0 Å². The van der Waals surface area contributed by atoms with E-state index >= 15 is 0 Å². The van der Waals surface area contributed by atoms with Crippen LogP contribution >= 0.6 is 31.9 Å². The van der Waals surface area contributed by atoms with Gasteiger partial charge >= 0.3 is 0 Å². The molecule has 0 amide bonds. The van der Waals surface area contributed by atoms with Crippen molar-refractivity contribution in [3.63, 3.8) is 0 Å². The molecule has 0 bridgehead atoms. The van der Waals surface area contributed by atoms with E-state index in [2.05, 4.69) is 31.9 Å². The summed E-state index contributed by atoms with van der Waals surface area (Å²) in [5.41, 5.74) is 1.16. The highest BCUT2D eigenvalue weighted by Crippen LogP contribution is 2.28. The molecule has 0 aliphatic rings. The van der Waals surface area contributed by atoms with Crippen molar-refractivity contribution in [2.75, 3.05) is 11.9 Å². The monoisotopic (exact) mass is 292 g/mol. The van der Waals surface area contributed by atoms with E-state index in [0.717, 1.165) is 21.1 Å². The van der Waals surface area contributed by atoms with E-state index in [-0.39, 0.29) is 0 Å². The summed E-state index contributed by atoms with van der Waals surface area (Å²) in [6.07, 6.45) is 0. The van der Waals surface area contributed by atoms with Gasteiger partial charge in [-0.25, -0.2) is 0 Å². The molecule has 0 aliphatic heterocycles. The fraction of sp³-hybridized carbons (Fsp3) is 0.333. The largest absolute Gasteiger partial charge is 0.491 e. The second-order valence-corrected chi connectivity index (χ2v) is 4.07. The number of halogens is 2. The van der Waals surface area contributed by atoms with Crippen LogP contribution in [-0.4, -0.2) is 11.9 Å². The third kappa shape index (κ3) is 2.49. The topological polar surface area (TPSA) is 9.23 Å². The van der Waals surface area contributed by atoms with Crippen molar-refractivity contribution in [3.05, 3.63) is 28.2 Å². The number of ether oxygens (including phenoxy) is 1. The molecule has 0 heterocycles. The van der Waals surface area contributed by atoms with Gasteiger partial charge in [0.25, 0.3) is 0 Å². The Balaban J connectivity index is 2.81. The predicted molar refractivity (Wildman–Crippen MR) is 58.2 cm³/mol. The molecule has 0 saturated carbocycles. The Morgan fingerprint density at radius 1 is 1.42 bits per heavy atom. The van der Waals surface area contributed by atoms with Crippen LogP contribution in [0.1, 0.15) is 5.56 Å². The normalized spacial score (nSPS) is 9.92. The van der Waals surface area contributed by atoms with Crippen LogP contribution in [0.2, 0.25) is 0 Å². The van der Waals surface area contributed by atoms with Gasteiger partial charge in [-0.2, -0.15) is 0 Å². The summed E-state index contributed by atoms with van der Waals surface area (Å²) in [5.74, 6) is 0.942. The fourth-order valence-electron chi connectivity index (χ4n) is 0.940. The van der Waals surface area contributed by atoms with E-state index in [1.807, 2.05) is 25.1 Å². The second-order valence-electron chi connectivity index (χ2n) is 2.42. The Hall–Kier alpha value is -0.0200. The average Bonchev–Trinajstić information content (AvgIpc) is 2.04. The highest BCUT2D eigenvalue weighted by atomic mass is 79.9. The highest BCUT2D eigenvalue weighted by Gasteiger charge is 2.02. The molecule has 1 rings (SSSR count). The molecular weight excluding hydrogens is 284 g/mol. The molecule has 0 radical (unpaired) electrons. The van der Waals surface area contributed by atoms with Crippen LogP contribution in [0.25, 0.3) is 0 Å². The van der Waals surface area contributed by atoms with Crippen molar-refractivity contribution in [2.24, 2.45) is 0 Å². The zero-order valence-corrected chi connectivity index (χ0v) is 9.98. The average molecular weight is 294 g/mol. The van der Waals surface area contributed by atoms with E-state index in [1.54, 1.807) is 0 Å². The molecule has 1 aromatic rings. The lowest BCUT2D eigenvalue weighted by atomic mass is 10.2. The highest BCUT2D eigenvalue weighted by molar-refractivity contribution is 9.10. The lowest BCUT2D eigenvalue weighted by molar-refractivity contribution is 0.340. The van der Waals surface area contributed by atoms with E-state index < -0.39 is 0 Å². The summed E-state index contributed by atoms with van der Waals surface area (Å²) < 4.78 is 6.54. The quantitative estimate of drug-likeness (QED) is 0.775. The minimum Gasteiger partial charge on any atom is -0.491 e. The molecule has 0 aliphatic carbocycles. The molecule has 1 aromatic carbocycles. The van der Waals surface area contributed by atoms with Gasteiger partial charge in [0, 0.05) is 5.33 Å². The number of para-hydroxylation sites is 1. The molecule has 0 N–H and O–H groups in total. The summed E-state index contributed by atoms with van der Waals surface area (Å²) in [7, 11) is 0. The molecule has 12 heavy (non-hydrogen) atoms. The van der Waals surface area contributed by atoms with Crippen LogP contribution in [0.5, 0.6) is 5.75 Å². The molecule has 66 valence electrons. The van der Waals surface area contributed by atoms with Gasteiger partial charge in [-0.1, -0.05) is 28.1 Å². The Kier molecular flexibility index (Phi) is 4.09. The molecule has 3 heteroatoms. The van der Waals surface area contributed by atoms with Crippen LogP contribution in [0.15, 0.2) is 22.7 Å². The maximum absolute atomic E-state index is 5.52. The molecule has 0 spiro atoms. The summed E-state index contributed by atoms with van der Waals surface area (Å²) in [6, 6.07) is 6.02. The van der Waals surface area contributed by atoms with E-state index in [0.29, 0.717) is 6.61 Å². The number of aryl methyl sites for hydroxylation is 1. The fourth-order valence-corrected chi connectivity index (χ4v) is 1.68. The standard InChI is InChI=1S/C9H10Br2O/c1-7-3-2-4-8(11)9(7)12-6-5-10/h2-4H,5-6H2,1H3. The third-order valence-electron chi connectivity index (χ3n) is 1.49. The van der Waals surface area contributed by atoms with Crippen molar-refractivity contribution in [1.82, 2.24) is 0 Å². The van der Waals surface area contributed by atoms with Gasteiger partial charge in [0.05, 0.1) is 11.1 Å². The predicted octanol–water partition coefficient (Wildman–Crippen LogP) is 3.53. The van der Waals surface area contributed by atoms with Crippen molar-refractivity contribution in [1.29, 1.82) is 0 Å². The van der Waals surface area contributed by atoms with Crippen molar-refractivity contribution in [2.45, 2.75) is 6.92 Å². The molecule has 0 saturated heterocycles. The molecule has 0 atom stereocenters. The summed E-state index contributed by atoms with van der Waals surface area (Å²) in [6.45, 7) is 2.73. The second kappa shape index (κ2) is 4.87. The van der Waals surface area contributed by atoms with E-state index in [4.69, 9.17) is 4.74 Å². The first-order valence-electron chi connectivity index (χ1n) is 3.69. The molecule has 1 nitrogen and oxygen atoms in total. The van der Waals surface area contributed by atoms with Gasteiger partial charge in [0.1, 0.15) is 5.75 Å². The van der Waals surface area contributed by atoms with Gasteiger partial charge in [-0.3, -0.25) is 0 Å². The van der Waals surface area contributed by atoms with Crippen LogP contribution in [0.4, 0.5) is 0 Å². The van der Waals surface area contributed by atoms with Crippen LogP contribution < -0.4 is 4.74 Å². The minimum absolute atomic E-state index is 0.698. The molecular formula is C9H10Br2O. The molecule has 0 fully saturated rings. The van der Waals surface area contributed by atoms with Crippen LogP contribution in [-0.2, 0) is 0 Å². The lowest BCUT2D eigenvalue weighted by Crippen LogP contribution is -1.99. The van der Waals surface area contributed by atoms with Crippen LogP contribution in [0, 0.1) is 6.92 Å². The zero-order chi connectivity index (χ0) is 8.97. The van der Waals surface area contributed by atoms with E-state index in [1.165, 1.54) is 0 Å². The van der Waals surface area contributed by atoms with Gasteiger partial charge in [-0.15, -0.1) is 0 Å². The SMILES string of the molecule is Cc1cccc(Br)c1OCCBr. The smallest absolute Gasteiger partial charge is 0.136 e. The zero-order valence-electron chi connectivity index (χ0n) is 6.81. The lowest BCUT2D eigenvalue weighted by Gasteiger charge is -2.08. The van der Waals surface area contributed by atoms with Gasteiger partial charge in [-0.05, 0) is 34.5 Å². The van der Waals surface area contributed by atoms with Gasteiger partial charge < -0.3 is 4.74 Å². The number of hydrogen-bond donors (Lipinski definition) is 0. The first-order valence-corrected chi connectivity index (χ1v) is 5.61. The summed E-state index contributed by atoms with van der Waals surface area (Å²) >= 11 is 6.75. The first kappa shape index (κ1) is 10.1. The maximum atomic E-state index is 5.52. The van der Waals surface area contributed by atoms with Crippen molar-refractivity contribution in [3.8, 4) is 5.75 Å². The van der Waals surface area contributed by atoms with Gasteiger partial charge in [0.2, 0.25) is 0 Å². The number of benzene rings is 1. The molecule has 0 unspecified atom stereocenters. The number of alkyl halides is 1.